The average Bonchev–Trinajstić information content (AvgIpc) is 2.49. The van der Waals surface area contributed by atoms with Gasteiger partial charge >= 0.3 is 0 Å². The lowest BCUT2D eigenvalue weighted by atomic mass is 9.86. The molecule has 1 aliphatic rings. The Hall–Kier alpha value is -1.84. The molecule has 0 bridgehead atoms. The lowest BCUT2D eigenvalue weighted by Gasteiger charge is -2.30. The van der Waals surface area contributed by atoms with Gasteiger partial charge in [0.1, 0.15) is 6.04 Å². The largest absolute Gasteiger partial charge is 0.374 e. The van der Waals surface area contributed by atoms with E-state index in [-0.39, 0.29) is 23.8 Å². The first-order valence-electron chi connectivity index (χ1n) is 8.15. The summed E-state index contributed by atoms with van der Waals surface area (Å²) in [5.74, 6) is 0.592. The number of anilines is 1. The van der Waals surface area contributed by atoms with Gasteiger partial charge in [-0.2, -0.15) is 0 Å². The summed E-state index contributed by atoms with van der Waals surface area (Å²) >= 11 is 0. The molecule has 0 aromatic heterocycles. The summed E-state index contributed by atoms with van der Waals surface area (Å²) in [6, 6.07) is 7.23. The monoisotopic (exact) mass is 302 g/mol. The van der Waals surface area contributed by atoms with E-state index in [9.17, 15) is 9.59 Å². The zero-order valence-corrected chi connectivity index (χ0v) is 13.7. The Kier molecular flexibility index (Phi) is 5.58. The van der Waals surface area contributed by atoms with Crippen molar-refractivity contribution in [1.82, 2.24) is 5.32 Å². The molecule has 0 aliphatic heterocycles. The van der Waals surface area contributed by atoms with Gasteiger partial charge in [0, 0.05) is 17.3 Å². The minimum absolute atomic E-state index is 0.0204. The fourth-order valence-electron chi connectivity index (χ4n) is 2.98. The second-order valence-electron chi connectivity index (χ2n) is 6.38. The van der Waals surface area contributed by atoms with Gasteiger partial charge in [0.15, 0.2) is 5.78 Å². The number of carbonyl (C=O) groups excluding carboxylic acids is 2. The van der Waals surface area contributed by atoms with Crippen molar-refractivity contribution < 1.29 is 9.59 Å². The van der Waals surface area contributed by atoms with Crippen molar-refractivity contribution in [2.75, 3.05) is 5.32 Å². The summed E-state index contributed by atoms with van der Waals surface area (Å²) in [5, 5.41) is 6.33. The van der Waals surface area contributed by atoms with Crippen molar-refractivity contribution in [2.45, 2.75) is 58.5 Å². The van der Waals surface area contributed by atoms with Crippen molar-refractivity contribution in [3.8, 4) is 0 Å². The molecule has 0 saturated heterocycles. The van der Waals surface area contributed by atoms with Crippen LogP contribution in [0.4, 0.5) is 5.69 Å². The number of hydrogen-bond acceptors (Lipinski definition) is 3. The Balaban J connectivity index is 1.93. The van der Waals surface area contributed by atoms with Gasteiger partial charge in [-0.1, -0.05) is 31.9 Å². The van der Waals surface area contributed by atoms with Gasteiger partial charge in [-0.05, 0) is 44.7 Å². The van der Waals surface area contributed by atoms with E-state index in [0.29, 0.717) is 11.5 Å². The number of Topliss-reactive ketones (excluding diaryl/α,β-unsaturated/α-hetero) is 1. The molecule has 3 atom stereocenters. The standard InChI is InChI=1S/C18H26N2O2/c1-12-7-4-5-10-17(12)20-18(22)13(2)19-16-9-6-8-15(11-16)14(3)21/h6,8-9,11-13,17,19H,4-5,7,10H2,1-3H3,(H,20,22)/t12-,13+,17+/m0/s1. The highest BCUT2D eigenvalue weighted by atomic mass is 16.2. The number of amides is 1. The van der Waals surface area contributed by atoms with Crippen LogP contribution >= 0.6 is 0 Å². The molecule has 4 nitrogen and oxygen atoms in total. The topological polar surface area (TPSA) is 58.2 Å². The smallest absolute Gasteiger partial charge is 0.242 e. The van der Waals surface area contributed by atoms with Gasteiger partial charge in [-0.3, -0.25) is 9.59 Å². The van der Waals surface area contributed by atoms with E-state index in [0.717, 1.165) is 12.1 Å². The van der Waals surface area contributed by atoms with Gasteiger partial charge < -0.3 is 10.6 Å². The molecule has 2 rings (SSSR count). The second kappa shape index (κ2) is 7.43. The maximum atomic E-state index is 12.3. The van der Waals surface area contributed by atoms with Gasteiger partial charge in [0.05, 0.1) is 0 Å². The number of rotatable bonds is 5. The molecule has 1 aliphatic carbocycles. The van der Waals surface area contributed by atoms with E-state index in [1.165, 1.54) is 19.3 Å². The fourth-order valence-corrected chi connectivity index (χ4v) is 2.98. The molecular weight excluding hydrogens is 276 g/mol. The predicted molar refractivity (Wildman–Crippen MR) is 89.1 cm³/mol. The normalized spacial score (nSPS) is 22.7. The van der Waals surface area contributed by atoms with E-state index in [1.54, 1.807) is 19.1 Å². The van der Waals surface area contributed by atoms with E-state index < -0.39 is 0 Å². The third-order valence-corrected chi connectivity index (χ3v) is 4.48. The van der Waals surface area contributed by atoms with Crippen LogP contribution in [-0.4, -0.2) is 23.8 Å². The molecule has 1 aromatic carbocycles. The lowest BCUT2D eigenvalue weighted by Crippen LogP contribution is -2.46. The molecule has 1 aromatic rings. The van der Waals surface area contributed by atoms with Crippen LogP contribution in [0.1, 0.15) is 56.8 Å². The number of ketones is 1. The van der Waals surface area contributed by atoms with Gasteiger partial charge in [-0.25, -0.2) is 0 Å². The van der Waals surface area contributed by atoms with Gasteiger partial charge in [0.2, 0.25) is 5.91 Å². The van der Waals surface area contributed by atoms with Crippen LogP contribution in [0.2, 0.25) is 0 Å². The van der Waals surface area contributed by atoms with Gasteiger partial charge in [0.25, 0.3) is 0 Å². The van der Waals surface area contributed by atoms with Crippen LogP contribution in [0.5, 0.6) is 0 Å². The number of nitrogens with one attached hydrogen (secondary N) is 2. The molecule has 22 heavy (non-hydrogen) atoms. The highest BCUT2D eigenvalue weighted by molar-refractivity contribution is 5.95. The first kappa shape index (κ1) is 16.5. The fraction of sp³-hybridized carbons (Fsp3) is 0.556. The maximum Gasteiger partial charge on any atom is 0.242 e. The SMILES string of the molecule is CC(=O)c1cccc(N[C@H](C)C(=O)N[C@@H]2CCCC[C@@H]2C)c1. The molecular formula is C18H26N2O2. The summed E-state index contributed by atoms with van der Waals surface area (Å²) in [6.45, 7) is 5.60. The zero-order valence-electron chi connectivity index (χ0n) is 13.7. The predicted octanol–water partition coefficient (Wildman–Crippen LogP) is 3.38. The summed E-state index contributed by atoms with van der Waals surface area (Å²) in [6.07, 6.45) is 4.71. The van der Waals surface area contributed by atoms with Crippen molar-refractivity contribution >= 4 is 17.4 Å². The highest BCUT2D eigenvalue weighted by Crippen LogP contribution is 2.23. The zero-order chi connectivity index (χ0) is 16.1. The third kappa shape index (κ3) is 4.33. The molecule has 0 spiro atoms. The summed E-state index contributed by atoms with van der Waals surface area (Å²) in [7, 11) is 0. The van der Waals surface area contributed by atoms with Crippen LogP contribution in [-0.2, 0) is 4.79 Å². The van der Waals surface area contributed by atoms with Gasteiger partial charge in [-0.15, -0.1) is 0 Å². The quantitative estimate of drug-likeness (QED) is 0.820. The second-order valence-corrected chi connectivity index (χ2v) is 6.38. The minimum Gasteiger partial charge on any atom is -0.374 e. The Morgan fingerprint density at radius 2 is 1.95 bits per heavy atom. The summed E-state index contributed by atoms with van der Waals surface area (Å²) < 4.78 is 0. The molecule has 4 heteroatoms. The Bertz CT molecular complexity index is 542. The van der Waals surface area contributed by atoms with E-state index in [2.05, 4.69) is 17.6 Å². The average molecular weight is 302 g/mol. The lowest BCUT2D eigenvalue weighted by molar-refractivity contribution is -0.122. The van der Waals surface area contributed by atoms with Crippen LogP contribution in [0, 0.1) is 5.92 Å². The molecule has 1 fully saturated rings. The van der Waals surface area contributed by atoms with Crippen LogP contribution in [0.3, 0.4) is 0 Å². The van der Waals surface area contributed by atoms with E-state index >= 15 is 0 Å². The molecule has 120 valence electrons. The minimum atomic E-state index is -0.323. The Morgan fingerprint density at radius 1 is 1.23 bits per heavy atom. The first-order chi connectivity index (χ1) is 10.5. The van der Waals surface area contributed by atoms with Crippen molar-refractivity contribution in [3.63, 3.8) is 0 Å². The molecule has 2 N–H and O–H groups in total. The summed E-state index contributed by atoms with van der Waals surface area (Å²) in [5.41, 5.74) is 1.45. The number of benzene rings is 1. The van der Waals surface area contributed by atoms with Crippen molar-refractivity contribution in [2.24, 2.45) is 5.92 Å². The van der Waals surface area contributed by atoms with E-state index in [1.807, 2.05) is 19.1 Å². The van der Waals surface area contributed by atoms with Crippen LogP contribution < -0.4 is 10.6 Å². The Labute approximate surface area is 132 Å². The van der Waals surface area contributed by atoms with Crippen LogP contribution in [0.25, 0.3) is 0 Å². The summed E-state index contributed by atoms with van der Waals surface area (Å²) in [4.78, 5) is 23.7. The van der Waals surface area contributed by atoms with Crippen molar-refractivity contribution in [3.05, 3.63) is 29.8 Å². The molecule has 1 amide bonds. The van der Waals surface area contributed by atoms with Crippen molar-refractivity contribution in [1.29, 1.82) is 0 Å². The maximum absolute atomic E-state index is 12.3. The van der Waals surface area contributed by atoms with E-state index in [4.69, 9.17) is 0 Å². The molecule has 0 unspecified atom stereocenters. The Morgan fingerprint density at radius 3 is 2.64 bits per heavy atom. The molecule has 1 saturated carbocycles. The third-order valence-electron chi connectivity index (χ3n) is 4.48. The first-order valence-corrected chi connectivity index (χ1v) is 8.15. The molecule has 0 radical (unpaired) electrons. The molecule has 0 heterocycles. The highest BCUT2D eigenvalue weighted by Gasteiger charge is 2.24. The van der Waals surface area contributed by atoms with Crippen LogP contribution in [0.15, 0.2) is 24.3 Å². The number of hydrogen-bond donors (Lipinski definition) is 2. The number of carbonyl (C=O) groups is 2.